The van der Waals surface area contributed by atoms with Gasteiger partial charge in [0.1, 0.15) is 17.3 Å². The van der Waals surface area contributed by atoms with Crippen molar-refractivity contribution in [3.05, 3.63) is 81.0 Å². The predicted molar refractivity (Wildman–Crippen MR) is 165 cm³/mol. The molecule has 1 saturated carbocycles. The van der Waals surface area contributed by atoms with Crippen LogP contribution in [0.3, 0.4) is 0 Å². The molecule has 6 atom stereocenters. The number of hydrogen-bond acceptors (Lipinski definition) is 11. The third-order valence-electron chi connectivity index (χ3n) is 8.46. The fourth-order valence-corrected chi connectivity index (χ4v) is 7.09. The van der Waals surface area contributed by atoms with Crippen molar-refractivity contribution in [1.82, 2.24) is 0 Å². The van der Waals surface area contributed by atoms with Crippen molar-refractivity contribution >= 4 is 64.7 Å². The normalized spacial score (nSPS) is 25.7. The smallest absolute Gasteiger partial charge is 0.343 e. The highest BCUT2D eigenvalue weighted by atomic mass is 35.5. The molecular weight excluding hydrogens is 643 g/mol. The van der Waals surface area contributed by atoms with Gasteiger partial charge in [-0.1, -0.05) is 66.5 Å². The Morgan fingerprint density at radius 1 is 0.848 bits per heavy atom. The Kier molecular flexibility index (Phi) is 10.6. The standard InChI is InChI=1S/C33H32Cl2O11/c1-16-13-21-23(29(37)42-2)27(26(32(40)45-5)33(41,24(16)30(38)43-3)25(21)31(39)44-4)46-28(36)20(14-17-9-7-6-8-10-17)19-12-11-18(34)15-22(19)35/h6-12,14-16,21,24-26,41H,13H2,1-5H3/t16-,21+,24-,25-,26?,33-/m1/s1. The Balaban J connectivity index is 2.03. The van der Waals surface area contributed by atoms with E-state index in [0.717, 1.165) is 28.4 Å². The Bertz CT molecular complexity index is 1620. The minimum absolute atomic E-state index is 0.0586. The van der Waals surface area contributed by atoms with E-state index in [0.29, 0.717) is 10.6 Å². The fourth-order valence-electron chi connectivity index (χ4n) is 6.58. The molecular formula is C33H32Cl2O11. The highest BCUT2D eigenvalue weighted by Gasteiger charge is 2.71. The van der Waals surface area contributed by atoms with Crippen LogP contribution in [-0.4, -0.2) is 69.0 Å². The first-order valence-corrected chi connectivity index (χ1v) is 14.8. The average molecular weight is 676 g/mol. The number of esters is 5. The molecule has 1 N–H and O–H groups in total. The van der Waals surface area contributed by atoms with Crippen LogP contribution in [-0.2, 0) is 47.7 Å². The van der Waals surface area contributed by atoms with E-state index < -0.39 is 70.8 Å². The minimum Gasteiger partial charge on any atom is -0.469 e. The molecule has 11 nitrogen and oxygen atoms in total. The van der Waals surface area contributed by atoms with Crippen molar-refractivity contribution in [3.63, 3.8) is 0 Å². The summed E-state index contributed by atoms with van der Waals surface area (Å²) in [6.07, 6.45) is 1.41. The van der Waals surface area contributed by atoms with Gasteiger partial charge in [0.25, 0.3) is 0 Å². The van der Waals surface area contributed by atoms with Crippen LogP contribution in [0.5, 0.6) is 0 Å². The van der Waals surface area contributed by atoms with E-state index in [2.05, 4.69) is 0 Å². The number of benzene rings is 2. The van der Waals surface area contributed by atoms with Crippen LogP contribution in [0.4, 0.5) is 0 Å². The first kappa shape index (κ1) is 34.7. The van der Waals surface area contributed by atoms with Crippen molar-refractivity contribution in [3.8, 4) is 0 Å². The molecule has 4 rings (SSSR count). The Labute approximate surface area is 275 Å². The summed E-state index contributed by atoms with van der Waals surface area (Å²) in [6, 6.07) is 13.1. The maximum atomic E-state index is 14.2. The number of carbonyl (C=O) groups excluding carboxylic acids is 5. The fraction of sp³-hybridized carbons (Fsp3) is 0.364. The molecule has 0 spiro atoms. The first-order valence-electron chi connectivity index (χ1n) is 14.1. The molecule has 13 heteroatoms. The van der Waals surface area contributed by atoms with E-state index in [4.69, 9.17) is 46.9 Å². The van der Waals surface area contributed by atoms with Crippen LogP contribution in [0.25, 0.3) is 11.6 Å². The summed E-state index contributed by atoms with van der Waals surface area (Å²) in [5.74, 6) is -13.2. The van der Waals surface area contributed by atoms with Crippen molar-refractivity contribution in [1.29, 1.82) is 0 Å². The number of ether oxygens (including phenoxy) is 5. The van der Waals surface area contributed by atoms with Crippen LogP contribution in [0.2, 0.25) is 10.0 Å². The third-order valence-corrected chi connectivity index (χ3v) is 9.01. The quantitative estimate of drug-likeness (QED) is 0.185. The second-order valence-corrected chi connectivity index (χ2v) is 11.8. The molecule has 1 unspecified atom stereocenters. The van der Waals surface area contributed by atoms with Gasteiger partial charge in [0.05, 0.1) is 56.4 Å². The molecule has 2 aliphatic carbocycles. The lowest BCUT2D eigenvalue weighted by Crippen LogP contribution is -2.68. The summed E-state index contributed by atoms with van der Waals surface area (Å²) in [5.41, 5.74) is -2.36. The average Bonchev–Trinajstić information content (AvgIpc) is 3.03. The van der Waals surface area contributed by atoms with Crippen LogP contribution >= 0.6 is 23.2 Å². The van der Waals surface area contributed by atoms with Gasteiger partial charge in [-0.15, -0.1) is 0 Å². The number of methoxy groups -OCH3 is 4. The lowest BCUT2D eigenvalue weighted by molar-refractivity contribution is -0.212. The maximum Gasteiger partial charge on any atom is 0.343 e. The lowest BCUT2D eigenvalue weighted by atomic mass is 9.50. The zero-order valence-corrected chi connectivity index (χ0v) is 27.1. The molecule has 2 aromatic carbocycles. The molecule has 46 heavy (non-hydrogen) atoms. The molecule has 2 aromatic rings. The summed E-state index contributed by atoms with van der Waals surface area (Å²) >= 11 is 12.6. The number of fused-ring (bicyclic) bond motifs is 2. The molecule has 0 saturated heterocycles. The van der Waals surface area contributed by atoms with Gasteiger partial charge in [-0.2, -0.15) is 0 Å². The molecule has 2 aliphatic rings. The molecule has 0 radical (unpaired) electrons. The van der Waals surface area contributed by atoms with Crippen LogP contribution in [0.15, 0.2) is 59.9 Å². The van der Waals surface area contributed by atoms with Crippen molar-refractivity contribution in [2.75, 3.05) is 28.4 Å². The lowest BCUT2D eigenvalue weighted by Gasteiger charge is -2.55. The van der Waals surface area contributed by atoms with Crippen LogP contribution in [0.1, 0.15) is 24.5 Å². The van der Waals surface area contributed by atoms with Gasteiger partial charge in [-0.3, -0.25) is 14.4 Å². The first-order chi connectivity index (χ1) is 21.8. The van der Waals surface area contributed by atoms with Gasteiger partial charge in [-0.25, -0.2) is 9.59 Å². The Morgan fingerprint density at radius 2 is 1.46 bits per heavy atom. The van der Waals surface area contributed by atoms with Crippen LogP contribution < -0.4 is 0 Å². The summed E-state index contributed by atoms with van der Waals surface area (Å²) in [5, 5.41) is 12.9. The number of aliphatic hydroxyl groups is 1. The van der Waals surface area contributed by atoms with Gasteiger partial charge in [0.15, 0.2) is 0 Å². The molecule has 2 bridgehead atoms. The van der Waals surface area contributed by atoms with E-state index in [1.165, 1.54) is 24.3 Å². The van der Waals surface area contributed by atoms with Gasteiger partial charge in [-0.05, 0) is 36.1 Å². The summed E-state index contributed by atoms with van der Waals surface area (Å²) < 4.78 is 25.9. The second kappa shape index (κ2) is 14.1. The van der Waals surface area contributed by atoms with Gasteiger partial charge in [0.2, 0.25) is 0 Å². The van der Waals surface area contributed by atoms with Gasteiger partial charge >= 0.3 is 29.8 Å². The number of hydrogen-bond donors (Lipinski definition) is 1. The van der Waals surface area contributed by atoms with E-state index >= 15 is 0 Å². The second-order valence-electron chi connectivity index (χ2n) is 10.9. The molecule has 0 amide bonds. The van der Waals surface area contributed by atoms with E-state index in [-0.39, 0.29) is 28.2 Å². The number of carbonyl (C=O) groups is 5. The third kappa shape index (κ3) is 6.14. The molecule has 0 heterocycles. The van der Waals surface area contributed by atoms with E-state index in [9.17, 15) is 29.1 Å². The zero-order chi connectivity index (χ0) is 33.9. The molecule has 1 fully saturated rings. The number of rotatable bonds is 8. The summed E-state index contributed by atoms with van der Waals surface area (Å²) in [6.45, 7) is 1.59. The maximum absolute atomic E-state index is 14.2. The SMILES string of the molecule is COC(=O)C1=C(OC(=O)C(=Cc2ccccc2)c2ccc(Cl)cc2Cl)C(C(=O)OC)[C@@]2(O)[C@@H](C(=O)OC)[C@H](C)C[C@@H]1[C@@H]2C(=O)OC. The monoisotopic (exact) mass is 674 g/mol. The zero-order valence-electron chi connectivity index (χ0n) is 25.6. The highest BCUT2D eigenvalue weighted by Crippen LogP contribution is 2.58. The summed E-state index contributed by atoms with van der Waals surface area (Å²) in [7, 11) is 4.20. The van der Waals surface area contributed by atoms with Crippen molar-refractivity contribution < 1.29 is 52.8 Å². The molecule has 244 valence electrons. The topological polar surface area (TPSA) is 152 Å². The largest absolute Gasteiger partial charge is 0.469 e. The van der Waals surface area contributed by atoms with Gasteiger partial charge in [0, 0.05) is 16.5 Å². The van der Waals surface area contributed by atoms with Crippen molar-refractivity contribution in [2.45, 2.75) is 18.9 Å². The van der Waals surface area contributed by atoms with E-state index in [1.807, 2.05) is 0 Å². The molecule has 0 aromatic heterocycles. The Morgan fingerprint density at radius 3 is 2.02 bits per heavy atom. The minimum atomic E-state index is -2.63. The predicted octanol–water partition coefficient (Wildman–Crippen LogP) is 4.27. The van der Waals surface area contributed by atoms with E-state index in [1.54, 1.807) is 37.3 Å². The molecule has 0 aliphatic heterocycles. The number of halogens is 2. The highest BCUT2D eigenvalue weighted by molar-refractivity contribution is 6.37. The summed E-state index contributed by atoms with van der Waals surface area (Å²) in [4.78, 5) is 67.9. The van der Waals surface area contributed by atoms with Crippen LogP contribution in [0, 0.1) is 29.6 Å². The van der Waals surface area contributed by atoms with Gasteiger partial charge < -0.3 is 28.8 Å². The Hall–Kier alpha value is -4.19. The van der Waals surface area contributed by atoms with Crippen molar-refractivity contribution in [2.24, 2.45) is 29.6 Å².